The van der Waals surface area contributed by atoms with E-state index in [-0.39, 0.29) is 5.91 Å². The van der Waals surface area contributed by atoms with Crippen molar-refractivity contribution in [3.63, 3.8) is 0 Å². The molecule has 1 heterocycles. The second-order valence-corrected chi connectivity index (χ2v) is 7.02. The van der Waals surface area contributed by atoms with E-state index in [1.807, 2.05) is 5.38 Å². The van der Waals surface area contributed by atoms with Crippen LogP contribution in [0.1, 0.15) is 55.0 Å². The van der Waals surface area contributed by atoms with Crippen LogP contribution >= 0.6 is 11.3 Å². The van der Waals surface area contributed by atoms with Crippen molar-refractivity contribution in [2.45, 2.75) is 52.0 Å². The molecular formula is C14H23N3OS. The number of carbonyl (C=O) groups is 1. The van der Waals surface area contributed by atoms with Crippen LogP contribution in [0.15, 0.2) is 5.38 Å². The van der Waals surface area contributed by atoms with E-state index in [1.54, 1.807) is 0 Å². The molecule has 1 aromatic heterocycles. The third-order valence-electron chi connectivity index (χ3n) is 3.82. The summed E-state index contributed by atoms with van der Waals surface area (Å²) in [6.45, 7) is 5.17. The standard InChI is InChI=1S/C14H23N3OS/c1-14(2)6-3-10(4-7-14)16-13(18)11-9-19-12(17-11)5-8-15/h9-10H,3-8,15H2,1-2H3,(H,16,18). The molecule has 1 amide bonds. The molecule has 1 fully saturated rings. The Morgan fingerprint density at radius 1 is 1.53 bits per heavy atom. The lowest BCUT2D eigenvalue weighted by atomic mass is 9.75. The van der Waals surface area contributed by atoms with Crippen LogP contribution in [-0.2, 0) is 6.42 Å². The first-order chi connectivity index (χ1) is 9.00. The number of nitrogens with two attached hydrogens (primary N) is 1. The third-order valence-corrected chi connectivity index (χ3v) is 4.73. The molecule has 0 unspecified atom stereocenters. The van der Waals surface area contributed by atoms with Gasteiger partial charge in [-0.15, -0.1) is 11.3 Å². The highest BCUT2D eigenvalue weighted by molar-refractivity contribution is 7.09. The van der Waals surface area contributed by atoms with E-state index in [0.717, 1.165) is 24.3 Å². The summed E-state index contributed by atoms with van der Waals surface area (Å²) in [5.41, 5.74) is 6.45. The summed E-state index contributed by atoms with van der Waals surface area (Å²) >= 11 is 1.51. The molecule has 3 N–H and O–H groups in total. The number of nitrogens with one attached hydrogen (secondary N) is 1. The Morgan fingerprint density at radius 3 is 2.84 bits per heavy atom. The summed E-state index contributed by atoms with van der Waals surface area (Å²) in [4.78, 5) is 16.4. The fourth-order valence-electron chi connectivity index (χ4n) is 2.46. The van der Waals surface area contributed by atoms with E-state index in [2.05, 4.69) is 24.1 Å². The van der Waals surface area contributed by atoms with E-state index >= 15 is 0 Å². The van der Waals surface area contributed by atoms with Gasteiger partial charge in [-0.2, -0.15) is 0 Å². The van der Waals surface area contributed by atoms with Crippen molar-refractivity contribution in [1.82, 2.24) is 10.3 Å². The van der Waals surface area contributed by atoms with Crippen LogP contribution in [0.25, 0.3) is 0 Å². The molecular weight excluding hydrogens is 258 g/mol. The van der Waals surface area contributed by atoms with Gasteiger partial charge in [0.05, 0.1) is 5.01 Å². The average molecular weight is 281 g/mol. The van der Waals surface area contributed by atoms with Crippen LogP contribution in [0.3, 0.4) is 0 Å². The Morgan fingerprint density at radius 2 is 2.21 bits per heavy atom. The summed E-state index contributed by atoms with van der Waals surface area (Å²) in [5.74, 6) is -0.0378. The van der Waals surface area contributed by atoms with Crippen molar-refractivity contribution in [2.75, 3.05) is 6.54 Å². The number of rotatable bonds is 4. The Balaban J connectivity index is 1.87. The lowest BCUT2D eigenvalue weighted by Crippen LogP contribution is -2.39. The van der Waals surface area contributed by atoms with Crippen molar-refractivity contribution < 1.29 is 4.79 Å². The molecule has 0 radical (unpaired) electrons. The number of hydrogen-bond acceptors (Lipinski definition) is 4. The van der Waals surface area contributed by atoms with E-state index in [4.69, 9.17) is 5.73 Å². The molecule has 0 saturated heterocycles. The van der Waals surface area contributed by atoms with Crippen molar-refractivity contribution in [3.05, 3.63) is 16.1 Å². The smallest absolute Gasteiger partial charge is 0.270 e. The van der Waals surface area contributed by atoms with Gasteiger partial charge in [-0.25, -0.2) is 4.98 Å². The summed E-state index contributed by atoms with van der Waals surface area (Å²) in [5, 5.41) is 5.87. The Bertz CT molecular complexity index is 432. The maximum Gasteiger partial charge on any atom is 0.270 e. The fraction of sp³-hybridized carbons (Fsp3) is 0.714. The molecule has 1 saturated carbocycles. The molecule has 106 valence electrons. The quantitative estimate of drug-likeness (QED) is 0.890. The Labute approximate surface area is 118 Å². The van der Waals surface area contributed by atoms with Crippen LogP contribution in [-0.4, -0.2) is 23.5 Å². The zero-order valence-corrected chi connectivity index (χ0v) is 12.6. The predicted octanol–water partition coefficient (Wildman–Crippen LogP) is 2.34. The van der Waals surface area contributed by atoms with Crippen LogP contribution in [0.5, 0.6) is 0 Å². The minimum Gasteiger partial charge on any atom is -0.348 e. The predicted molar refractivity (Wildman–Crippen MR) is 78.4 cm³/mol. The highest BCUT2D eigenvalue weighted by Gasteiger charge is 2.28. The molecule has 0 spiro atoms. The largest absolute Gasteiger partial charge is 0.348 e. The number of thiazole rings is 1. The molecule has 4 nitrogen and oxygen atoms in total. The maximum absolute atomic E-state index is 12.1. The summed E-state index contributed by atoms with van der Waals surface area (Å²) in [6.07, 6.45) is 5.23. The van der Waals surface area contributed by atoms with Gasteiger partial charge in [0.1, 0.15) is 5.69 Å². The van der Waals surface area contributed by atoms with E-state index in [0.29, 0.717) is 23.7 Å². The van der Waals surface area contributed by atoms with Crippen LogP contribution < -0.4 is 11.1 Å². The van der Waals surface area contributed by atoms with Crippen molar-refractivity contribution in [1.29, 1.82) is 0 Å². The van der Waals surface area contributed by atoms with E-state index in [9.17, 15) is 4.79 Å². The lowest BCUT2D eigenvalue weighted by molar-refractivity contribution is 0.0904. The Kier molecular flexibility index (Phi) is 4.58. The van der Waals surface area contributed by atoms with Gasteiger partial charge < -0.3 is 11.1 Å². The van der Waals surface area contributed by atoms with Gasteiger partial charge in [0.15, 0.2) is 0 Å². The molecule has 0 aromatic carbocycles. The molecule has 2 rings (SSSR count). The SMILES string of the molecule is CC1(C)CCC(NC(=O)c2csc(CCN)n2)CC1. The van der Waals surface area contributed by atoms with Gasteiger partial charge in [0.25, 0.3) is 5.91 Å². The van der Waals surface area contributed by atoms with Gasteiger partial charge in [0, 0.05) is 17.8 Å². The van der Waals surface area contributed by atoms with E-state index < -0.39 is 0 Å². The second-order valence-electron chi connectivity index (χ2n) is 6.08. The van der Waals surface area contributed by atoms with Crippen molar-refractivity contribution >= 4 is 17.2 Å². The number of nitrogens with zero attached hydrogens (tertiary/aromatic N) is 1. The maximum atomic E-state index is 12.1. The van der Waals surface area contributed by atoms with Gasteiger partial charge in [-0.05, 0) is 37.6 Å². The molecule has 0 aliphatic heterocycles. The van der Waals surface area contributed by atoms with Crippen LogP contribution in [0, 0.1) is 5.41 Å². The van der Waals surface area contributed by atoms with E-state index in [1.165, 1.54) is 24.2 Å². The summed E-state index contributed by atoms with van der Waals surface area (Å²) in [6, 6.07) is 0.306. The normalized spacial score (nSPS) is 19.3. The van der Waals surface area contributed by atoms with Gasteiger partial charge >= 0.3 is 0 Å². The monoisotopic (exact) mass is 281 g/mol. The number of hydrogen-bond donors (Lipinski definition) is 2. The highest BCUT2D eigenvalue weighted by Crippen LogP contribution is 2.35. The minimum absolute atomic E-state index is 0.0378. The molecule has 1 aromatic rings. The van der Waals surface area contributed by atoms with Gasteiger partial charge in [-0.1, -0.05) is 13.8 Å². The molecule has 0 bridgehead atoms. The molecule has 5 heteroatoms. The first-order valence-electron chi connectivity index (χ1n) is 6.95. The van der Waals surface area contributed by atoms with Crippen LogP contribution in [0.2, 0.25) is 0 Å². The molecule has 19 heavy (non-hydrogen) atoms. The van der Waals surface area contributed by atoms with Gasteiger partial charge in [0.2, 0.25) is 0 Å². The number of aromatic nitrogens is 1. The zero-order valence-electron chi connectivity index (χ0n) is 11.7. The fourth-order valence-corrected chi connectivity index (χ4v) is 3.25. The summed E-state index contributed by atoms with van der Waals surface area (Å²) < 4.78 is 0. The third kappa shape index (κ3) is 4.01. The van der Waals surface area contributed by atoms with Crippen molar-refractivity contribution in [3.8, 4) is 0 Å². The average Bonchev–Trinajstić information content (AvgIpc) is 2.81. The van der Waals surface area contributed by atoms with Crippen molar-refractivity contribution in [2.24, 2.45) is 11.1 Å². The molecule has 0 atom stereocenters. The first-order valence-corrected chi connectivity index (χ1v) is 7.83. The number of carbonyl (C=O) groups excluding carboxylic acids is 1. The second kappa shape index (κ2) is 6.01. The zero-order chi connectivity index (χ0) is 13.9. The topological polar surface area (TPSA) is 68.0 Å². The highest BCUT2D eigenvalue weighted by atomic mass is 32.1. The minimum atomic E-state index is -0.0378. The number of amides is 1. The lowest BCUT2D eigenvalue weighted by Gasteiger charge is -2.34. The van der Waals surface area contributed by atoms with Gasteiger partial charge in [-0.3, -0.25) is 4.79 Å². The molecule has 1 aliphatic carbocycles. The molecule has 1 aliphatic rings. The first kappa shape index (κ1) is 14.5. The summed E-state index contributed by atoms with van der Waals surface area (Å²) in [7, 11) is 0. The van der Waals surface area contributed by atoms with Crippen LogP contribution in [0.4, 0.5) is 0 Å². The Hall–Kier alpha value is -0.940.